The SMILES string of the molecule is CCc1ccccc1-c1ccnc2ccccc12. The molecule has 88 valence electrons. The van der Waals surface area contributed by atoms with E-state index >= 15 is 0 Å². The maximum Gasteiger partial charge on any atom is 0.0708 e. The van der Waals surface area contributed by atoms with E-state index in [-0.39, 0.29) is 0 Å². The monoisotopic (exact) mass is 233 g/mol. The van der Waals surface area contributed by atoms with E-state index < -0.39 is 0 Å². The van der Waals surface area contributed by atoms with Crippen molar-refractivity contribution >= 4 is 10.9 Å². The first kappa shape index (κ1) is 11.0. The van der Waals surface area contributed by atoms with Crippen molar-refractivity contribution in [1.82, 2.24) is 4.98 Å². The second kappa shape index (κ2) is 4.61. The van der Waals surface area contributed by atoms with Crippen LogP contribution in [-0.2, 0) is 6.42 Å². The van der Waals surface area contributed by atoms with E-state index in [0.29, 0.717) is 0 Å². The summed E-state index contributed by atoms with van der Waals surface area (Å²) < 4.78 is 0. The van der Waals surface area contributed by atoms with Crippen molar-refractivity contribution in [2.24, 2.45) is 0 Å². The summed E-state index contributed by atoms with van der Waals surface area (Å²) in [4.78, 5) is 4.42. The molecule has 0 radical (unpaired) electrons. The minimum absolute atomic E-state index is 1.05. The standard InChI is InChI=1S/C17H15N/c1-2-13-7-3-4-8-14(13)15-11-12-18-17-10-6-5-9-16(15)17/h3-12H,2H2,1H3. The van der Waals surface area contributed by atoms with Gasteiger partial charge in [-0.1, -0.05) is 49.4 Å². The Morgan fingerprint density at radius 3 is 2.50 bits per heavy atom. The summed E-state index contributed by atoms with van der Waals surface area (Å²) in [6.45, 7) is 2.20. The fourth-order valence-electron chi connectivity index (χ4n) is 2.42. The molecule has 3 rings (SSSR count). The van der Waals surface area contributed by atoms with Gasteiger partial charge in [0.2, 0.25) is 0 Å². The molecule has 1 aromatic heterocycles. The number of benzene rings is 2. The topological polar surface area (TPSA) is 12.9 Å². The summed E-state index contributed by atoms with van der Waals surface area (Å²) in [6.07, 6.45) is 2.94. The largest absolute Gasteiger partial charge is 0.256 e. The molecule has 0 aliphatic carbocycles. The molecule has 0 saturated carbocycles. The van der Waals surface area contributed by atoms with Gasteiger partial charge in [-0.3, -0.25) is 4.98 Å². The number of hydrogen-bond acceptors (Lipinski definition) is 1. The van der Waals surface area contributed by atoms with Crippen LogP contribution >= 0.6 is 0 Å². The average molecular weight is 233 g/mol. The van der Waals surface area contributed by atoms with E-state index in [0.717, 1.165) is 11.9 Å². The average Bonchev–Trinajstić information content (AvgIpc) is 2.46. The fraction of sp³-hybridized carbons (Fsp3) is 0.118. The zero-order valence-corrected chi connectivity index (χ0v) is 10.4. The van der Waals surface area contributed by atoms with Gasteiger partial charge in [0.1, 0.15) is 0 Å². The molecule has 0 aliphatic heterocycles. The summed E-state index contributed by atoms with van der Waals surface area (Å²) in [5.74, 6) is 0. The highest BCUT2D eigenvalue weighted by atomic mass is 14.6. The van der Waals surface area contributed by atoms with E-state index in [9.17, 15) is 0 Å². The van der Waals surface area contributed by atoms with E-state index in [2.05, 4.69) is 60.4 Å². The predicted octanol–water partition coefficient (Wildman–Crippen LogP) is 4.46. The van der Waals surface area contributed by atoms with Gasteiger partial charge in [-0.25, -0.2) is 0 Å². The molecule has 0 unspecified atom stereocenters. The zero-order valence-electron chi connectivity index (χ0n) is 10.4. The maximum atomic E-state index is 4.42. The van der Waals surface area contributed by atoms with Crippen LogP contribution in [0.5, 0.6) is 0 Å². The molecule has 1 heteroatoms. The molecular formula is C17H15N. The van der Waals surface area contributed by atoms with Crippen molar-refractivity contribution in [1.29, 1.82) is 0 Å². The van der Waals surface area contributed by atoms with Crippen molar-refractivity contribution in [3.05, 3.63) is 66.4 Å². The lowest BCUT2D eigenvalue weighted by Crippen LogP contribution is -1.89. The van der Waals surface area contributed by atoms with Crippen molar-refractivity contribution in [3.8, 4) is 11.1 Å². The summed E-state index contributed by atoms with van der Waals surface area (Å²) in [6, 6.07) is 19.0. The lowest BCUT2D eigenvalue weighted by atomic mass is 9.96. The lowest BCUT2D eigenvalue weighted by Gasteiger charge is -2.10. The lowest BCUT2D eigenvalue weighted by molar-refractivity contribution is 1.14. The van der Waals surface area contributed by atoms with Crippen LogP contribution < -0.4 is 0 Å². The second-order valence-electron chi connectivity index (χ2n) is 4.39. The number of nitrogens with zero attached hydrogens (tertiary/aromatic N) is 1. The third kappa shape index (κ3) is 1.78. The summed E-state index contributed by atoms with van der Waals surface area (Å²) in [7, 11) is 0. The van der Waals surface area contributed by atoms with Gasteiger partial charge in [-0.2, -0.15) is 0 Å². The van der Waals surface area contributed by atoms with Crippen molar-refractivity contribution in [2.45, 2.75) is 13.3 Å². The molecule has 0 N–H and O–H groups in total. The van der Waals surface area contributed by atoms with Gasteiger partial charge < -0.3 is 0 Å². The number of fused-ring (bicyclic) bond motifs is 1. The quantitative estimate of drug-likeness (QED) is 0.636. The van der Waals surface area contributed by atoms with Gasteiger partial charge in [0.05, 0.1) is 5.52 Å². The summed E-state index contributed by atoms with van der Waals surface area (Å²) in [5.41, 5.74) is 5.03. The van der Waals surface area contributed by atoms with Crippen molar-refractivity contribution < 1.29 is 0 Å². The van der Waals surface area contributed by atoms with Crippen LogP contribution in [0.3, 0.4) is 0 Å². The number of pyridine rings is 1. The normalized spacial score (nSPS) is 10.7. The van der Waals surface area contributed by atoms with Crippen LogP contribution in [-0.4, -0.2) is 4.98 Å². The highest BCUT2D eigenvalue weighted by Gasteiger charge is 2.06. The molecule has 1 nitrogen and oxygen atoms in total. The molecule has 0 amide bonds. The third-order valence-corrected chi connectivity index (χ3v) is 3.34. The second-order valence-corrected chi connectivity index (χ2v) is 4.39. The van der Waals surface area contributed by atoms with E-state index in [1.807, 2.05) is 12.3 Å². The highest BCUT2D eigenvalue weighted by molar-refractivity contribution is 5.94. The van der Waals surface area contributed by atoms with Gasteiger partial charge in [0.25, 0.3) is 0 Å². The molecule has 0 bridgehead atoms. The van der Waals surface area contributed by atoms with Crippen LogP contribution in [0.1, 0.15) is 12.5 Å². The molecule has 18 heavy (non-hydrogen) atoms. The number of rotatable bonds is 2. The molecule has 2 aromatic carbocycles. The molecule has 0 saturated heterocycles. The Labute approximate surface area is 107 Å². The molecule has 0 atom stereocenters. The van der Waals surface area contributed by atoms with Crippen LogP contribution in [0.4, 0.5) is 0 Å². The molecule has 0 fully saturated rings. The molecular weight excluding hydrogens is 218 g/mol. The van der Waals surface area contributed by atoms with E-state index in [4.69, 9.17) is 0 Å². The molecule has 3 aromatic rings. The van der Waals surface area contributed by atoms with Gasteiger partial charge in [0.15, 0.2) is 0 Å². The Kier molecular flexibility index (Phi) is 2.81. The Morgan fingerprint density at radius 1 is 0.833 bits per heavy atom. The minimum atomic E-state index is 1.05. The smallest absolute Gasteiger partial charge is 0.0708 e. The Balaban J connectivity index is 2.32. The number of para-hydroxylation sites is 1. The molecule has 1 heterocycles. The first-order chi connectivity index (χ1) is 8.90. The summed E-state index contributed by atoms with van der Waals surface area (Å²) >= 11 is 0. The first-order valence-electron chi connectivity index (χ1n) is 6.32. The van der Waals surface area contributed by atoms with Crippen molar-refractivity contribution in [3.63, 3.8) is 0 Å². The van der Waals surface area contributed by atoms with E-state index in [1.54, 1.807) is 0 Å². The van der Waals surface area contributed by atoms with Crippen LogP contribution in [0.25, 0.3) is 22.0 Å². The zero-order chi connectivity index (χ0) is 12.4. The number of hydrogen-bond donors (Lipinski definition) is 0. The van der Waals surface area contributed by atoms with Crippen LogP contribution in [0.15, 0.2) is 60.8 Å². The third-order valence-electron chi connectivity index (χ3n) is 3.34. The minimum Gasteiger partial charge on any atom is -0.256 e. The number of aryl methyl sites for hydroxylation is 1. The molecule has 0 aliphatic rings. The van der Waals surface area contributed by atoms with Gasteiger partial charge in [-0.15, -0.1) is 0 Å². The van der Waals surface area contributed by atoms with Crippen LogP contribution in [0.2, 0.25) is 0 Å². The van der Waals surface area contributed by atoms with E-state index in [1.165, 1.54) is 22.1 Å². The Hall–Kier alpha value is -2.15. The van der Waals surface area contributed by atoms with Gasteiger partial charge in [0, 0.05) is 11.6 Å². The van der Waals surface area contributed by atoms with Gasteiger partial charge in [-0.05, 0) is 35.2 Å². The predicted molar refractivity (Wildman–Crippen MR) is 76.6 cm³/mol. The highest BCUT2D eigenvalue weighted by Crippen LogP contribution is 2.29. The summed E-state index contributed by atoms with van der Waals surface area (Å²) in [5, 5.41) is 1.22. The van der Waals surface area contributed by atoms with Gasteiger partial charge >= 0.3 is 0 Å². The van der Waals surface area contributed by atoms with Crippen molar-refractivity contribution in [2.75, 3.05) is 0 Å². The Bertz CT molecular complexity index is 681. The number of aromatic nitrogens is 1. The Morgan fingerprint density at radius 2 is 1.61 bits per heavy atom. The fourth-order valence-corrected chi connectivity index (χ4v) is 2.42. The first-order valence-corrected chi connectivity index (χ1v) is 6.32. The maximum absolute atomic E-state index is 4.42. The van der Waals surface area contributed by atoms with Crippen LogP contribution in [0, 0.1) is 0 Å². The molecule has 0 spiro atoms.